The molecular formula is C13H19N3O8. The first-order valence-corrected chi connectivity index (χ1v) is 7.10. The van der Waals surface area contributed by atoms with E-state index in [1.54, 1.807) is 0 Å². The number of methoxy groups -OCH3 is 1. The first-order chi connectivity index (χ1) is 11.3. The molecule has 1 aliphatic rings. The van der Waals surface area contributed by atoms with Crippen molar-refractivity contribution in [2.45, 2.75) is 37.0 Å². The number of rotatable bonds is 6. The number of hydrogen-bond acceptors (Lipinski definition) is 8. The fourth-order valence-electron chi connectivity index (χ4n) is 2.60. The zero-order chi connectivity index (χ0) is 18.0. The number of carboxylic acid groups (broad SMARTS) is 1. The van der Waals surface area contributed by atoms with E-state index < -0.39 is 60.8 Å². The molecule has 0 bridgehead atoms. The fraction of sp³-hybridized carbons (Fsp3) is 0.615. The van der Waals surface area contributed by atoms with Crippen LogP contribution in [0.25, 0.3) is 0 Å². The zero-order valence-corrected chi connectivity index (χ0v) is 12.8. The van der Waals surface area contributed by atoms with Crippen LogP contribution in [0.15, 0.2) is 15.8 Å². The number of carboxylic acids is 1. The second kappa shape index (κ2) is 7.23. The molecule has 134 valence electrons. The molecule has 5 atom stereocenters. The predicted octanol–water partition coefficient (Wildman–Crippen LogP) is -2.72. The van der Waals surface area contributed by atoms with E-state index in [1.807, 2.05) is 4.98 Å². The van der Waals surface area contributed by atoms with Gasteiger partial charge in [0.2, 0.25) is 0 Å². The normalized spacial score (nSPS) is 28.0. The lowest BCUT2D eigenvalue weighted by Crippen LogP contribution is -2.40. The molecule has 6 N–H and O–H groups in total. The maximum Gasteiger partial charge on any atom is 0.330 e. The highest BCUT2D eigenvalue weighted by atomic mass is 16.6. The third-order valence-corrected chi connectivity index (χ3v) is 3.83. The van der Waals surface area contributed by atoms with Crippen LogP contribution in [0.2, 0.25) is 0 Å². The molecule has 0 aromatic carbocycles. The van der Waals surface area contributed by atoms with Crippen molar-refractivity contribution in [3.8, 4) is 0 Å². The van der Waals surface area contributed by atoms with E-state index >= 15 is 0 Å². The van der Waals surface area contributed by atoms with Gasteiger partial charge in [-0.2, -0.15) is 0 Å². The number of aromatic nitrogens is 2. The van der Waals surface area contributed by atoms with Crippen molar-refractivity contribution in [2.24, 2.45) is 5.73 Å². The molecule has 24 heavy (non-hydrogen) atoms. The van der Waals surface area contributed by atoms with Gasteiger partial charge in [0.1, 0.15) is 18.3 Å². The first kappa shape index (κ1) is 18.3. The number of nitrogens with two attached hydrogens (primary N) is 1. The number of aliphatic hydroxyl groups excluding tert-OH is 2. The highest BCUT2D eigenvalue weighted by molar-refractivity contribution is 5.67. The second-order valence-electron chi connectivity index (χ2n) is 5.39. The molecular weight excluding hydrogens is 326 g/mol. The van der Waals surface area contributed by atoms with Gasteiger partial charge in [-0.3, -0.25) is 19.1 Å². The van der Waals surface area contributed by atoms with E-state index in [0.29, 0.717) is 0 Å². The smallest absolute Gasteiger partial charge is 0.330 e. The monoisotopic (exact) mass is 345 g/mol. The Bertz CT molecular complexity index is 714. The Kier molecular flexibility index (Phi) is 5.51. The summed E-state index contributed by atoms with van der Waals surface area (Å²) in [6.07, 6.45) is -3.70. The van der Waals surface area contributed by atoms with Crippen molar-refractivity contribution < 1.29 is 29.6 Å². The van der Waals surface area contributed by atoms with Crippen LogP contribution < -0.4 is 17.0 Å². The molecule has 0 amide bonds. The average molecular weight is 345 g/mol. The SMILES string of the molecule is CO[C@@H]1[C@@H](O)[C@@H](CO)O[C@H]1n1cc(C(N)CC(=O)O)c(=O)[nH]c1=O. The molecule has 1 unspecified atom stereocenters. The molecule has 1 aliphatic heterocycles. The van der Waals surface area contributed by atoms with Crippen LogP contribution in [0.3, 0.4) is 0 Å². The summed E-state index contributed by atoms with van der Waals surface area (Å²) in [5.74, 6) is -1.21. The minimum Gasteiger partial charge on any atom is -0.481 e. The number of ether oxygens (including phenoxy) is 2. The zero-order valence-electron chi connectivity index (χ0n) is 12.8. The second-order valence-corrected chi connectivity index (χ2v) is 5.39. The van der Waals surface area contributed by atoms with E-state index in [4.69, 9.17) is 20.3 Å². The van der Waals surface area contributed by atoms with Crippen molar-refractivity contribution in [1.82, 2.24) is 9.55 Å². The lowest BCUT2D eigenvalue weighted by molar-refractivity contribution is -0.137. The summed E-state index contributed by atoms with van der Waals surface area (Å²) < 4.78 is 11.5. The summed E-state index contributed by atoms with van der Waals surface area (Å²) >= 11 is 0. The summed E-state index contributed by atoms with van der Waals surface area (Å²) in [6, 6.07) is -1.14. The molecule has 1 aromatic rings. The molecule has 11 nitrogen and oxygen atoms in total. The number of aliphatic hydroxyl groups is 2. The molecule has 0 radical (unpaired) electrons. The molecule has 1 fully saturated rings. The maximum absolute atomic E-state index is 12.1. The maximum atomic E-state index is 12.1. The van der Waals surface area contributed by atoms with Crippen LogP contribution in [0.1, 0.15) is 24.3 Å². The van der Waals surface area contributed by atoms with Crippen molar-refractivity contribution in [2.75, 3.05) is 13.7 Å². The van der Waals surface area contributed by atoms with Gasteiger partial charge in [0.15, 0.2) is 6.23 Å². The van der Waals surface area contributed by atoms with Gasteiger partial charge in [-0.15, -0.1) is 0 Å². The van der Waals surface area contributed by atoms with Gasteiger partial charge in [0.25, 0.3) is 5.56 Å². The van der Waals surface area contributed by atoms with Gasteiger partial charge in [0, 0.05) is 19.3 Å². The van der Waals surface area contributed by atoms with Crippen LogP contribution in [-0.2, 0) is 14.3 Å². The van der Waals surface area contributed by atoms with Crippen molar-refractivity contribution in [3.05, 3.63) is 32.6 Å². The minimum atomic E-state index is -1.21. The third-order valence-electron chi connectivity index (χ3n) is 3.83. The Morgan fingerprint density at radius 3 is 2.75 bits per heavy atom. The van der Waals surface area contributed by atoms with Crippen LogP contribution in [-0.4, -0.2) is 62.9 Å². The van der Waals surface area contributed by atoms with Gasteiger partial charge < -0.3 is 30.5 Å². The lowest BCUT2D eigenvalue weighted by atomic mass is 10.1. The minimum absolute atomic E-state index is 0.127. The van der Waals surface area contributed by atoms with E-state index in [9.17, 15) is 24.6 Å². The van der Waals surface area contributed by atoms with Crippen molar-refractivity contribution in [3.63, 3.8) is 0 Å². The molecule has 2 heterocycles. The van der Waals surface area contributed by atoms with Gasteiger partial charge in [-0.25, -0.2) is 4.79 Å². The van der Waals surface area contributed by atoms with Gasteiger partial charge in [-0.05, 0) is 0 Å². The average Bonchev–Trinajstić information content (AvgIpc) is 2.82. The number of carbonyl (C=O) groups is 1. The van der Waals surface area contributed by atoms with Gasteiger partial charge in [0.05, 0.1) is 18.6 Å². The molecule has 0 spiro atoms. The molecule has 11 heteroatoms. The molecule has 0 aliphatic carbocycles. The highest BCUT2D eigenvalue weighted by Crippen LogP contribution is 2.30. The summed E-state index contributed by atoms with van der Waals surface area (Å²) in [5.41, 5.74) is 3.90. The molecule has 2 rings (SSSR count). The standard InChI is InChI=1S/C13H19N3O8/c1-23-10-9(20)7(4-17)24-12(10)16-3-5(6(14)2-8(18)19)11(21)15-13(16)22/h3,6-7,9-10,12,17,20H,2,4,14H2,1H3,(H,18,19)(H,15,21,22)/t6?,7-,9+,10-,12-/m1/s1. The molecule has 0 saturated carbocycles. The summed E-state index contributed by atoms with van der Waals surface area (Å²) in [4.78, 5) is 36.7. The topological polar surface area (TPSA) is 177 Å². The largest absolute Gasteiger partial charge is 0.481 e. The molecule has 1 aromatic heterocycles. The number of aliphatic carboxylic acids is 1. The van der Waals surface area contributed by atoms with Gasteiger partial charge in [-0.1, -0.05) is 0 Å². The van der Waals surface area contributed by atoms with E-state index in [1.165, 1.54) is 7.11 Å². The van der Waals surface area contributed by atoms with Crippen molar-refractivity contribution >= 4 is 5.97 Å². The van der Waals surface area contributed by atoms with Gasteiger partial charge >= 0.3 is 11.7 Å². The Labute approximate surface area is 135 Å². The van der Waals surface area contributed by atoms with E-state index in [2.05, 4.69) is 0 Å². The van der Waals surface area contributed by atoms with Crippen LogP contribution in [0, 0.1) is 0 Å². The lowest BCUT2D eigenvalue weighted by Gasteiger charge is -2.21. The van der Waals surface area contributed by atoms with Crippen LogP contribution >= 0.6 is 0 Å². The van der Waals surface area contributed by atoms with E-state index in [0.717, 1.165) is 10.8 Å². The number of hydrogen-bond donors (Lipinski definition) is 5. The summed E-state index contributed by atoms with van der Waals surface area (Å²) in [5, 5.41) is 28.0. The fourth-order valence-corrected chi connectivity index (χ4v) is 2.60. The summed E-state index contributed by atoms with van der Waals surface area (Å²) in [6.45, 7) is -0.499. The molecule has 1 saturated heterocycles. The van der Waals surface area contributed by atoms with Crippen LogP contribution in [0.5, 0.6) is 0 Å². The number of H-pyrrole nitrogens is 1. The first-order valence-electron chi connectivity index (χ1n) is 7.10. The number of aromatic amines is 1. The Balaban J connectivity index is 2.45. The quantitative estimate of drug-likeness (QED) is 0.366. The Hall–Kier alpha value is -2.05. The highest BCUT2D eigenvalue weighted by Gasteiger charge is 2.45. The number of nitrogens with one attached hydrogen (secondary N) is 1. The van der Waals surface area contributed by atoms with Crippen LogP contribution in [0.4, 0.5) is 0 Å². The third kappa shape index (κ3) is 3.39. The number of nitrogens with zero attached hydrogens (tertiary/aromatic N) is 1. The van der Waals surface area contributed by atoms with E-state index in [-0.39, 0.29) is 5.56 Å². The van der Waals surface area contributed by atoms with Crippen molar-refractivity contribution in [1.29, 1.82) is 0 Å². The Morgan fingerprint density at radius 2 is 2.21 bits per heavy atom. The Morgan fingerprint density at radius 1 is 1.54 bits per heavy atom. The summed E-state index contributed by atoms with van der Waals surface area (Å²) in [7, 11) is 1.29. The predicted molar refractivity (Wildman–Crippen MR) is 78.3 cm³/mol.